The Morgan fingerprint density at radius 3 is 2.40 bits per heavy atom. The maximum atomic E-state index is 2.41. The lowest BCUT2D eigenvalue weighted by Gasteiger charge is -2.36. The third kappa shape index (κ3) is 1.78. The molecule has 0 unspecified atom stereocenters. The summed E-state index contributed by atoms with van der Waals surface area (Å²) in [5, 5.41) is 0. The van der Waals surface area contributed by atoms with Gasteiger partial charge in [0, 0.05) is 23.5 Å². The Kier molecular flexibility index (Phi) is 2.70. The maximum absolute atomic E-state index is 2.41. The largest absolute Gasteiger partial charge is 0.310 e. The molecule has 2 aromatic carbocycles. The first-order valence-corrected chi connectivity index (χ1v) is 7.26. The van der Waals surface area contributed by atoms with Gasteiger partial charge in [0.05, 0.1) is 0 Å². The lowest BCUT2D eigenvalue weighted by molar-refractivity contribution is 0.914. The normalized spacial score (nSPS) is 16.9. The molecule has 2 aromatic rings. The fourth-order valence-corrected chi connectivity index (χ4v) is 3.18. The van der Waals surface area contributed by atoms with E-state index in [0.29, 0.717) is 0 Å². The van der Waals surface area contributed by atoms with Gasteiger partial charge in [0.1, 0.15) is 0 Å². The molecule has 2 aliphatic rings. The second kappa shape index (κ2) is 4.68. The molecule has 0 saturated heterocycles. The van der Waals surface area contributed by atoms with Crippen LogP contribution in [0.2, 0.25) is 0 Å². The lowest BCUT2D eigenvalue weighted by atomic mass is 9.90. The van der Waals surface area contributed by atoms with Crippen molar-refractivity contribution < 1.29 is 0 Å². The van der Waals surface area contributed by atoms with Gasteiger partial charge in [-0.05, 0) is 42.2 Å². The molecule has 98 valence electrons. The van der Waals surface area contributed by atoms with Gasteiger partial charge in [-0.3, -0.25) is 0 Å². The molecule has 1 aliphatic carbocycles. The van der Waals surface area contributed by atoms with E-state index in [-0.39, 0.29) is 0 Å². The number of nitrogens with zero attached hydrogens (tertiary/aromatic N) is 1. The molecular weight excluding hydrogens is 242 g/mol. The third-order valence-electron chi connectivity index (χ3n) is 4.09. The fraction of sp³-hybridized carbons (Fsp3) is 0.158. The number of hydrogen-bond donors (Lipinski definition) is 0. The van der Waals surface area contributed by atoms with Crippen molar-refractivity contribution in [2.24, 2.45) is 0 Å². The molecule has 0 N–H and O–H groups in total. The molecule has 0 aromatic heterocycles. The van der Waals surface area contributed by atoms with Crippen molar-refractivity contribution in [2.75, 3.05) is 4.90 Å². The second-order valence-electron chi connectivity index (χ2n) is 5.37. The van der Waals surface area contributed by atoms with Crippen molar-refractivity contribution in [2.45, 2.75) is 19.3 Å². The van der Waals surface area contributed by atoms with Gasteiger partial charge in [-0.2, -0.15) is 0 Å². The molecule has 1 nitrogen and oxygen atoms in total. The van der Waals surface area contributed by atoms with Crippen LogP contribution in [-0.2, 0) is 6.42 Å². The quantitative estimate of drug-likeness (QED) is 0.697. The monoisotopic (exact) mass is 259 g/mol. The highest BCUT2D eigenvalue weighted by molar-refractivity contribution is 5.77. The van der Waals surface area contributed by atoms with Gasteiger partial charge in [0.25, 0.3) is 0 Å². The van der Waals surface area contributed by atoms with Gasteiger partial charge in [-0.1, -0.05) is 48.6 Å². The van der Waals surface area contributed by atoms with Crippen molar-refractivity contribution in [3.05, 3.63) is 83.6 Å². The molecule has 0 spiro atoms. The lowest BCUT2D eigenvalue weighted by Crippen LogP contribution is -2.25. The maximum Gasteiger partial charge on any atom is 0.0496 e. The SMILES string of the molecule is C1=C2Cc3ccccc3N(c3ccccc3)C2=CCC1. The predicted octanol–water partition coefficient (Wildman–Crippen LogP) is 4.98. The molecule has 0 saturated carbocycles. The molecule has 1 heterocycles. The van der Waals surface area contributed by atoms with Crippen LogP contribution in [0, 0.1) is 0 Å². The van der Waals surface area contributed by atoms with E-state index in [1.54, 1.807) is 0 Å². The highest BCUT2D eigenvalue weighted by atomic mass is 15.2. The zero-order valence-electron chi connectivity index (χ0n) is 11.4. The number of allylic oxidation sites excluding steroid dienone is 3. The summed E-state index contributed by atoms with van der Waals surface area (Å²) in [7, 11) is 0. The molecular formula is C19H17N. The van der Waals surface area contributed by atoms with Crippen molar-refractivity contribution in [3.63, 3.8) is 0 Å². The van der Waals surface area contributed by atoms with Crippen LogP contribution < -0.4 is 4.90 Å². The Balaban J connectivity index is 1.94. The van der Waals surface area contributed by atoms with Crippen LogP contribution in [0.4, 0.5) is 11.4 Å². The summed E-state index contributed by atoms with van der Waals surface area (Å²) in [5.74, 6) is 0. The van der Waals surface area contributed by atoms with Gasteiger partial charge in [-0.15, -0.1) is 0 Å². The summed E-state index contributed by atoms with van der Waals surface area (Å²) < 4.78 is 0. The van der Waals surface area contributed by atoms with E-state index in [9.17, 15) is 0 Å². The van der Waals surface area contributed by atoms with Gasteiger partial charge in [0.2, 0.25) is 0 Å². The second-order valence-corrected chi connectivity index (χ2v) is 5.37. The van der Waals surface area contributed by atoms with E-state index < -0.39 is 0 Å². The highest BCUT2D eigenvalue weighted by Crippen LogP contribution is 2.42. The summed E-state index contributed by atoms with van der Waals surface area (Å²) in [4.78, 5) is 2.41. The topological polar surface area (TPSA) is 3.24 Å². The van der Waals surface area contributed by atoms with Gasteiger partial charge in [-0.25, -0.2) is 0 Å². The summed E-state index contributed by atoms with van der Waals surface area (Å²) in [6.45, 7) is 0. The molecule has 0 atom stereocenters. The first-order valence-electron chi connectivity index (χ1n) is 7.26. The Bertz CT molecular complexity index is 695. The minimum Gasteiger partial charge on any atom is -0.310 e. The number of anilines is 2. The zero-order valence-corrected chi connectivity index (χ0v) is 11.4. The van der Waals surface area contributed by atoms with Crippen LogP contribution in [-0.4, -0.2) is 0 Å². The smallest absolute Gasteiger partial charge is 0.0496 e. The van der Waals surface area contributed by atoms with Gasteiger partial charge >= 0.3 is 0 Å². The molecule has 0 bridgehead atoms. The van der Waals surface area contributed by atoms with Gasteiger partial charge < -0.3 is 4.90 Å². The third-order valence-corrected chi connectivity index (χ3v) is 4.09. The van der Waals surface area contributed by atoms with Crippen molar-refractivity contribution in [3.8, 4) is 0 Å². The van der Waals surface area contributed by atoms with E-state index in [0.717, 1.165) is 12.8 Å². The van der Waals surface area contributed by atoms with Crippen molar-refractivity contribution >= 4 is 11.4 Å². The van der Waals surface area contributed by atoms with E-state index in [2.05, 4.69) is 71.6 Å². The Hall–Kier alpha value is -2.28. The molecule has 1 aliphatic heterocycles. The van der Waals surface area contributed by atoms with Crippen LogP contribution in [0.1, 0.15) is 18.4 Å². The average Bonchev–Trinajstić information content (AvgIpc) is 2.53. The van der Waals surface area contributed by atoms with Crippen LogP contribution in [0.5, 0.6) is 0 Å². The minimum atomic E-state index is 1.06. The summed E-state index contributed by atoms with van der Waals surface area (Å²) >= 11 is 0. The molecule has 20 heavy (non-hydrogen) atoms. The molecule has 4 rings (SSSR count). The first kappa shape index (κ1) is 11.5. The molecule has 0 amide bonds. The van der Waals surface area contributed by atoms with Crippen LogP contribution in [0.3, 0.4) is 0 Å². The number of fused-ring (bicyclic) bond motifs is 2. The van der Waals surface area contributed by atoms with E-state index in [4.69, 9.17) is 0 Å². The van der Waals surface area contributed by atoms with E-state index in [1.165, 1.54) is 34.6 Å². The Labute approximate surface area is 119 Å². The highest BCUT2D eigenvalue weighted by Gasteiger charge is 2.26. The minimum absolute atomic E-state index is 1.06. The van der Waals surface area contributed by atoms with Crippen LogP contribution in [0.15, 0.2) is 78.0 Å². The van der Waals surface area contributed by atoms with Gasteiger partial charge in [0.15, 0.2) is 0 Å². The predicted molar refractivity (Wildman–Crippen MR) is 84.1 cm³/mol. The summed E-state index contributed by atoms with van der Waals surface area (Å²) in [6, 6.07) is 19.4. The molecule has 1 heteroatoms. The molecule has 0 fully saturated rings. The molecule has 0 radical (unpaired) electrons. The zero-order chi connectivity index (χ0) is 13.4. The Morgan fingerprint density at radius 1 is 0.750 bits per heavy atom. The number of para-hydroxylation sites is 2. The Morgan fingerprint density at radius 2 is 1.50 bits per heavy atom. The standard InChI is InChI=1S/C19H17N/c1-2-10-17(11-3-1)20-18-12-6-4-8-15(18)14-16-9-5-7-13-19(16)20/h1-4,6,8-13H,5,7,14H2. The number of benzene rings is 2. The van der Waals surface area contributed by atoms with Crippen LogP contribution >= 0.6 is 0 Å². The fourth-order valence-electron chi connectivity index (χ4n) is 3.18. The van der Waals surface area contributed by atoms with E-state index in [1.807, 2.05) is 0 Å². The number of rotatable bonds is 1. The summed E-state index contributed by atoms with van der Waals surface area (Å²) in [6.07, 6.45) is 8.17. The van der Waals surface area contributed by atoms with Crippen LogP contribution in [0.25, 0.3) is 0 Å². The first-order chi connectivity index (χ1) is 9.93. The van der Waals surface area contributed by atoms with E-state index >= 15 is 0 Å². The number of hydrogen-bond acceptors (Lipinski definition) is 1. The average molecular weight is 259 g/mol. The van der Waals surface area contributed by atoms with Crippen molar-refractivity contribution in [1.29, 1.82) is 0 Å². The summed E-state index contributed by atoms with van der Waals surface area (Å²) in [5.41, 5.74) is 6.84. The van der Waals surface area contributed by atoms with Crippen molar-refractivity contribution in [1.82, 2.24) is 0 Å².